The predicted molar refractivity (Wildman–Crippen MR) is 72.5 cm³/mol. The highest BCUT2D eigenvalue weighted by Crippen LogP contribution is 2.17. The van der Waals surface area contributed by atoms with Gasteiger partial charge in [-0.1, -0.05) is 0 Å². The minimum absolute atomic E-state index is 0.178. The van der Waals surface area contributed by atoms with Crippen molar-refractivity contribution in [2.45, 2.75) is 44.8 Å². The van der Waals surface area contributed by atoms with Crippen molar-refractivity contribution in [1.29, 1.82) is 0 Å². The van der Waals surface area contributed by atoms with Crippen LogP contribution in [0, 0.1) is 0 Å². The molecule has 8 heteroatoms. The van der Waals surface area contributed by atoms with Crippen LogP contribution in [0.4, 0.5) is 4.79 Å². The Labute approximate surface area is 123 Å². The average Bonchev–Trinajstić information content (AvgIpc) is 2.39. The summed E-state index contributed by atoms with van der Waals surface area (Å²) in [6, 6.07) is 0. The molecule has 21 heavy (non-hydrogen) atoms. The molecule has 0 aliphatic heterocycles. The van der Waals surface area contributed by atoms with E-state index in [0.717, 1.165) is 7.11 Å². The van der Waals surface area contributed by atoms with Gasteiger partial charge in [0.2, 0.25) is 0 Å². The van der Waals surface area contributed by atoms with Crippen molar-refractivity contribution in [3.05, 3.63) is 0 Å². The van der Waals surface area contributed by atoms with Gasteiger partial charge in [-0.05, 0) is 27.2 Å². The summed E-state index contributed by atoms with van der Waals surface area (Å²) >= 11 is 0. The third-order valence-corrected chi connectivity index (χ3v) is 2.57. The Hall–Kier alpha value is -1.83. The number of rotatable bonds is 6. The second-order valence-electron chi connectivity index (χ2n) is 5.43. The minimum atomic E-state index is -1.76. The van der Waals surface area contributed by atoms with Crippen molar-refractivity contribution in [3.8, 4) is 0 Å². The van der Waals surface area contributed by atoms with Crippen LogP contribution in [0.5, 0.6) is 0 Å². The molecule has 1 amide bonds. The Bertz CT molecular complexity index is 388. The van der Waals surface area contributed by atoms with Gasteiger partial charge >= 0.3 is 18.0 Å². The lowest BCUT2D eigenvalue weighted by molar-refractivity contribution is -0.152. The molecule has 1 atom stereocenters. The fourth-order valence-corrected chi connectivity index (χ4v) is 1.51. The quantitative estimate of drug-likeness (QED) is 0.538. The summed E-state index contributed by atoms with van der Waals surface area (Å²) in [4.78, 5) is 34.9. The molecule has 8 nitrogen and oxygen atoms in total. The van der Waals surface area contributed by atoms with Gasteiger partial charge in [0.25, 0.3) is 0 Å². The molecule has 0 aromatic heterocycles. The first-order valence-electron chi connectivity index (χ1n) is 6.37. The smallest absolute Gasteiger partial charge is 0.408 e. The summed E-state index contributed by atoms with van der Waals surface area (Å²) in [6.07, 6.45) is -1.25. The zero-order valence-electron chi connectivity index (χ0n) is 13.0. The molecule has 0 saturated carbocycles. The second kappa shape index (κ2) is 7.82. The van der Waals surface area contributed by atoms with Crippen molar-refractivity contribution in [2.24, 2.45) is 0 Å². The van der Waals surface area contributed by atoms with Crippen molar-refractivity contribution >= 4 is 18.0 Å². The molecule has 0 aromatic rings. The number of carbonyl (C=O) groups excluding carboxylic acids is 3. The summed E-state index contributed by atoms with van der Waals surface area (Å²) in [6.45, 7) is 4.22. The van der Waals surface area contributed by atoms with Crippen LogP contribution in [0.25, 0.3) is 0 Å². The number of methoxy groups -OCH3 is 2. The van der Waals surface area contributed by atoms with Gasteiger partial charge in [0, 0.05) is 6.42 Å². The molecule has 0 aliphatic carbocycles. The lowest BCUT2D eigenvalue weighted by Gasteiger charge is -2.31. The number of ether oxygens (including phenoxy) is 3. The largest absolute Gasteiger partial charge is 0.469 e. The number of alkyl carbamates (subject to hydrolysis) is 1. The molecule has 0 rings (SSSR count). The maximum Gasteiger partial charge on any atom is 0.408 e. The van der Waals surface area contributed by atoms with Crippen LogP contribution in [0.15, 0.2) is 0 Å². The van der Waals surface area contributed by atoms with Gasteiger partial charge in [-0.3, -0.25) is 4.79 Å². The molecule has 0 aliphatic rings. The molecule has 0 radical (unpaired) electrons. The highest BCUT2D eigenvalue weighted by molar-refractivity contribution is 5.86. The first-order valence-corrected chi connectivity index (χ1v) is 6.37. The lowest BCUT2D eigenvalue weighted by Crippen LogP contribution is -2.58. The Morgan fingerprint density at radius 3 is 2.05 bits per heavy atom. The third kappa shape index (κ3) is 6.44. The standard InChI is InChI=1S/C13H23NO7/c1-12(2,3)21-11(18)14-13(8-15,10(17)20-5)7-6-9(16)19-4/h15H,6-8H2,1-5H3,(H,14,18)/t13-/m1/s1. The van der Waals surface area contributed by atoms with E-state index in [1.54, 1.807) is 20.8 Å². The fraction of sp³-hybridized carbons (Fsp3) is 0.769. The van der Waals surface area contributed by atoms with Gasteiger partial charge in [-0.15, -0.1) is 0 Å². The van der Waals surface area contributed by atoms with Crippen LogP contribution < -0.4 is 5.32 Å². The zero-order chi connectivity index (χ0) is 16.7. The molecule has 0 bridgehead atoms. The first-order chi connectivity index (χ1) is 9.60. The van der Waals surface area contributed by atoms with Crippen LogP contribution in [0.3, 0.4) is 0 Å². The van der Waals surface area contributed by atoms with Gasteiger partial charge in [-0.2, -0.15) is 0 Å². The Balaban J connectivity index is 5.07. The fourth-order valence-electron chi connectivity index (χ4n) is 1.51. The molecule has 0 heterocycles. The molecule has 0 unspecified atom stereocenters. The molecule has 0 spiro atoms. The topological polar surface area (TPSA) is 111 Å². The van der Waals surface area contributed by atoms with E-state index in [1.165, 1.54) is 7.11 Å². The van der Waals surface area contributed by atoms with Gasteiger partial charge < -0.3 is 24.6 Å². The van der Waals surface area contributed by atoms with E-state index in [-0.39, 0.29) is 12.8 Å². The summed E-state index contributed by atoms with van der Waals surface area (Å²) in [5.41, 5.74) is -2.53. The number of hydrogen-bond donors (Lipinski definition) is 2. The molecule has 0 fully saturated rings. The van der Waals surface area contributed by atoms with E-state index in [9.17, 15) is 19.5 Å². The van der Waals surface area contributed by atoms with Gasteiger partial charge in [0.05, 0.1) is 20.8 Å². The number of nitrogens with one attached hydrogen (secondary N) is 1. The minimum Gasteiger partial charge on any atom is -0.469 e. The maximum atomic E-state index is 11.9. The third-order valence-electron chi connectivity index (χ3n) is 2.57. The summed E-state index contributed by atoms with van der Waals surface area (Å²) in [5.74, 6) is -1.46. The van der Waals surface area contributed by atoms with Gasteiger partial charge in [0.1, 0.15) is 5.60 Å². The lowest BCUT2D eigenvalue weighted by atomic mass is 9.94. The summed E-state index contributed by atoms with van der Waals surface area (Å²) in [5, 5.41) is 11.8. The van der Waals surface area contributed by atoms with E-state index < -0.39 is 35.8 Å². The SMILES string of the molecule is COC(=O)CC[C@](CO)(NC(=O)OC(C)(C)C)C(=O)OC. The average molecular weight is 305 g/mol. The highest BCUT2D eigenvalue weighted by atomic mass is 16.6. The van der Waals surface area contributed by atoms with E-state index in [1.807, 2.05) is 0 Å². The van der Waals surface area contributed by atoms with Gasteiger partial charge in [-0.25, -0.2) is 9.59 Å². The zero-order valence-corrected chi connectivity index (χ0v) is 13.0. The van der Waals surface area contributed by atoms with Crippen LogP contribution >= 0.6 is 0 Å². The normalized spacial score (nSPS) is 13.8. The molecule has 2 N–H and O–H groups in total. The van der Waals surface area contributed by atoms with Crippen molar-refractivity contribution in [2.75, 3.05) is 20.8 Å². The first kappa shape index (κ1) is 19.2. The summed E-state index contributed by atoms with van der Waals surface area (Å²) in [7, 11) is 2.31. The Kier molecular flexibility index (Phi) is 7.14. The van der Waals surface area contributed by atoms with E-state index >= 15 is 0 Å². The second-order valence-corrected chi connectivity index (χ2v) is 5.43. The Morgan fingerprint density at radius 2 is 1.67 bits per heavy atom. The number of hydrogen-bond acceptors (Lipinski definition) is 7. The van der Waals surface area contributed by atoms with E-state index in [4.69, 9.17) is 4.74 Å². The molecular weight excluding hydrogens is 282 g/mol. The highest BCUT2D eigenvalue weighted by Gasteiger charge is 2.42. The number of aliphatic hydroxyl groups is 1. The molecule has 0 saturated heterocycles. The van der Waals surface area contributed by atoms with Crippen LogP contribution in [0.1, 0.15) is 33.6 Å². The van der Waals surface area contributed by atoms with Crippen molar-refractivity contribution in [3.63, 3.8) is 0 Å². The predicted octanol–water partition coefficient (Wildman–Crippen LogP) is 0.368. The van der Waals surface area contributed by atoms with Crippen LogP contribution in [-0.2, 0) is 23.8 Å². The molecule has 122 valence electrons. The maximum absolute atomic E-state index is 11.9. The summed E-state index contributed by atoms with van der Waals surface area (Å²) < 4.78 is 14.1. The Morgan fingerprint density at radius 1 is 1.10 bits per heavy atom. The van der Waals surface area contributed by atoms with Crippen molar-refractivity contribution in [1.82, 2.24) is 5.32 Å². The van der Waals surface area contributed by atoms with E-state index in [2.05, 4.69) is 14.8 Å². The number of amides is 1. The van der Waals surface area contributed by atoms with Crippen molar-refractivity contribution < 1.29 is 33.7 Å². The van der Waals surface area contributed by atoms with Crippen LogP contribution in [-0.4, -0.2) is 55.1 Å². The number of aliphatic hydroxyl groups excluding tert-OH is 1. The molecular formula is C13H23NO7. The number of carbonyl (C=O) groups is 3. The monoisotopic (exact) mass is 305 g/mol. The van der Waals surface area contributed by atoms with E-state index in [0.29, 0.717) is 0 Å². The number of esters is 2. The molecule has 0 aromatic carbocycles. The van der Waals surface area contributed by atoms with Crippen LogP contribution in [0.2, 0.25) is 0 Å². The van der Waals surface area contributed by atoms with Gasteiger partial charge in [0.15, 0.2) is 5.54 Å².